The van der Waals surface area contributed by atoms with Gasteiger partial charge >= 0.3 is 0 Å². The molecule has 2 N–H and O–H groups in total. The van der Waals surface area contributed by atoms with Crippen molar-refractivity contribution in [3.8, 4) is 0 Å². The topological polar surface area (TPSA) is 88.9 Å². The first-order chi connectivity index (χ1) is 15.3. The van der Waals surface area contributed by atoms with Gasteiger partial charge in [0.15, 0.2) is 11.0 Å². The summed E-state index contributed by atoms with van der Waals surface area (Å²) in [5.74, 6) is 0.806. The smallest absolute Gasteiger partial charge is 0.251 e. The zero-order chi connectivity index (χ0) is 23.3. The van der Waals surface area contributed by atoms with Gasteiger partial charge in [-0.2, -0.15) is 0 Å². The lowest BCUT2D eigenvalue weighted by atomic mass is 10.0. The lowest BCUT2D eigenvalue weighted by Crippen LogP contribution is -2.28. The average molecular weight is 516 g/mol. The van der Waals surface area contributed by atoms with E-state index in [0.29, 0.717) is 16.5 Å². The molecule has 32 heavy (non-hydrogen) atoms. The number of aromatic nitrogens is 3. The molecule has 1 aromatic heterocycles. The molecule has 0 unspecified atom stereocenters. The van der Waals surface area contributed by atoms with E-state index in [0.717, 1.165) is 15.7 Å². The van der Waals surface area contributed by atoms with Crippen LogP contribution in [0.4, 0.5) is 5.69 Å². The summed E-state index contributed by atoms with van der Waals surface area (Å²) in [5.41, 5.74) is 2.47. The zero-order valence-corrected chi connectivity index (χ0v) is 20.8. The summed E-state index contributed by atoms with van der Waals surface area (Å²) in [6, 6.07) is 14.5. The Balaban J connectivity index is 1.60. The minimum atomic E-state index is -0.334. The number of carbonyl (C=O) groups is 2. The average Bonchev–Trinajstić information content (AvgIpc) is 3.14. The van der Waals surface area contributed by atoms with Gasteiger partial charge < -0.3 is 15.2 Å². The number of carbonyl (C=O) groups excluding carboxylic acids is 2. The molecule has 2 aromatic carbocycles. The molecule has 2 amide bonds. The van der Waals surface area contributed by atoms with Crippen molar-refractivity contribution in [2.24, 2.45) is 7.05 Å². The van der Waals surface area contributed by atoms with E-state index in [-0.39, 0.29) is 29.5 Å². The van der Waals surface area contributed by atoms with Gasteiger partial charge in [0.05, 0.1) is 11.8 Å². The second-order valence-electron chi connectivity index (χ2n) is 7.68. The number of thioether (sulfide) groups is 1. The van der Waals surface area contributed by atoms with Gasteiger partial charge in [0.25, 0.3) is 5.91 Å². The van der Waals surface area contributed by atoms with Crippen LogP contribution in [0.15, 0.2) is 58.2 Å². The molecule has 3 aromatic rings. The minimum Gasteiger partial charge on any atom is -0.342 e. The Hall–Kier alpha value is -2.65. The number of nitrogens with zero attached hydrogens (tertiary/aromatic N) is 3. The van der Waals surface area contributed by atoms with Crippen molar-refractivity contribution in [1.82, 2.24) is 20.1 Å². The van der Waals surface area contributed by atoms with Gasteiger partial charge in [-0.25, -0.2) is 0 Å². The number of hydrogen-bond acceptors (Lipinski definition) is 5. The summed E-state index contributed by atoms with van der Waals surface area (Å²) in [5, 5.41) is 14.9. The first-order valence-electron chi connectivity index (χ1n) is 10.2. The number of halogens is 1. The van der Waals surface area contributed by atoms with Crippen molar-refractivity contribution in [3.63, 3.8) is 0 Å². The fraction of sp³-hybridized carbons (Fsp3) is 0.304. The van der Waals surface area contributed by atoms with Crippen LogP contribution >= 0.6 is 27.7 Å². The number of anilines is 1. The number of hydrogen-bond donors (Lipinski definition) is 2. The second-order valence-corrected chi connectivity index (χ2v) is 9.54. The third-order valence-electron chi connectivity index (χ3n) is 4.88. The van der Waals surface area contributed by atoms with Crippen LogP contribution in [-0.2, 0) is 11.8 Å². The van der Waals surface area contributed by atoms with Gasteiger partial charge in [-0.15, -0.1) is 10.2 Å². The zero-order valence-electron chi connectivity index (χ0n) is 18.4. The van der Waals surface area contributed by atoms with Crippen LogP contribution in [0.25, 0.3) is 0 Å². The molecule has 1 heterocycles. The quantitative estimate of drug-likeness (QED) is 0.415. The van der Waals surface area contributed by atoms with E-state index in [1.807, 2.05) is 50.4 Å². The standard InChI is InChI=1S/C23H26BrN5O2S/c1-14(2)18-12-17(24)10-11-19(18)26-20(30)13-32-23-28-27-21(29(23)4)15(3)25-22(31)16-8-6-5-7-9-16/h5-12,14-15H,13H2,1-4H3,(H,25,31)(H,26,30)/t15-/m0/s1. The fourth-order valence-corrected chi connectivity index (χ4v) is 4.30. The molecule has 0 saturated heterocycles. The summed E-state index contributed by atoms with van der Waals surface area (Å²) in [6.45, 7) is 6.03. The molecular formula is C23H26BrN5O2S. The van der Waals surface area contributed by atoms with Gasteiger partial charge in [-0.1, -0.05) is 59.7 Å². The van der Waals surface area contributed by atoms with Crippen LogP contribution in [0, 0.1) is 0 Å². The molecule has 3 rings (SSSR count). The van der Waals surface area contributed by atoms with E-state index < -0.39 is 0 Å². The summed E-state index contributed by atoms with van der Waals surface area (Å²) in [7, 11) is 1.83. The normalized spacial score (nSPS) is 11.9. The molecule has 0 saturated carbocycles. The van der Waals surface area contributed by atoms with E-state index >= 15 is 0 Å². The molecule has 1 atom stereocenters. The monoisotopic (exact) mass is 515 g/mol. The number of benzene rings is 2. The Morgan fingerprint density at radius 1 is 1.09 bits per heavy atom. The molecule has 0 aliphatic carbocycles. The predicted octanol–water partition coefficient (Wildman–Crippen LogP) is 4.92. The molecular weight excluding hydrogens is 490 g/mol. The van der Waals surface area contributed by atoms with Crippen molar-refractivity contribution in [1.29, 1.82) is 0 Å². The van der Waals surface area contributed by atoms with E-state index in [1.54, 1.807) is 16.7 Å². The number of nitrogens with one attached hydrogen (secondary N) is 2. The van der Waals surface area contributed by atoms with E-state index in [4.69, 9.17) is 0 Å². The maximum Gasteiger partial charge on any atom is 0.251 e. The van der Waals surface area contributed by atoms with Crippen molar-refractivity contribution in [3.05, 3.63) is 70.0 Å². The summed E-state index contributed by atoms with van der Waals surface area (Å²) < 4.78 is 2.78. The molecule has 0 aliphatic rings. The lowest BCUT2D eigenvalue weighted by molar-refractivity contribution is -0.113. The summed E-state index contributed by atoms with van der Waals surface area (Å²) in [6.07, 6.45) is 0. The van der Waals surface area contributed by atoms with Gasteiger partial charge in [-0.05, 0) is 48.7 Å². The van der Waals surface area contributed by atoms with Crippen molar-refractivity contribution < 1.29 is 9.59 Å². The van der Waals surface area contributed by atoms with E-state index in [9.17, 15) is 9.59 Å². The molecule has 0 radical (unpaired) electrons. The van der Waals surface area contributed by atoms with Gasteiger partial charge in [-0.3, -0.25) is 9.59 Å². The highest BCUT2D eigenvalue weighted by molar-refractivity contribution is 9.10. The maximum absolute atomic E-state index is 12.5. The molecule has 9 heteroatoms. The predicted molar refractivity (Wildman–Crippen MR) is 131 cm³/mol. The SMILES string of the molecule is CC(C)c1cc(Br)ccc1NC(=O)CSc1nnc([C@H](C)NC(=O)c2ccccc2)n1C. The second kappa shape index (κ2) is 10.8. The Kier molecular flexibility index (Phi) is 8.09. The molecule has 0 aliphatic heterocycles. The number of amides is 2. The van der Waals surface area contributed by atoms with Crippen LogP contribution < -0.4 is 10.6 Å². The highest BCUT2D eigenvalue weighted by Gasteiger charge is 2.19. The molecule has 7 nitrogen and oxygen atoms in total. The first kappa shape index (κ1) is 24.0. The Bertz CT molecular complexity index is 1100. The minimum absolute atomic E-state index is 0.116. The lowest BCUT2D eigenvalue weighted by Gasteiger charge is -2.15. The summed E-state index contributed by atoms with van der Waals surface area (Å²) in [4.78, 5) is 24.9. The Morgan fingerprint density at radius 2 is 1.81 bits per heavy atom. The molecule has 0 bridgehead atoms. The van der Waals surface area contributed by atoms with Crippen molar-refractivity contribution in [2.45, 2.75) is 37.9 Å². The molecule has 0 spiro atoms. The highest BCUT2D eigenvalue weighted by Crippen LogP contribution is 2.28. The van der Waals surface area contributed by atoms with Crippen LogP contribution in [0.2, 0.25) is 0 Å². The maximum atomic E-state index is 12.5. The molecule has 168 valence electrons. The first-order valence-corrected chi connectivity index (χ1v) is 12.0. The van der Waals surface area contributed by atoms with Gasteiger partial charge in [0.2, 0.25) is 5.91 Å². The third-order valence-corrected chi connectivity index (χ3v) is 6.40. The van der Waals surface area contributed by atoms with Crippen LogP contribution in [0.3, 0.4) is 0 Å². The van der Waals surface area contributed by atoms with Gasteiger partial charge in [0, 0.05) is 22.8 Å². The largest absolute Gasteiger partial charge is 0.342 e. The van der Waals surface area contributed by atoms with E-state index in [2.05, 4.69) is 50.6 Å². The summed E-state index contributed by atoms with van der Waals surface area (Å²) >= 11 is 4.78. The van der Waals surface area contributed by atoms with Crippen LogP contribution in [0.1, 0.15) is 54.5 Å². The van der Waals surface area contributed by atoms with Crippen molar-refractivity contribution in [2.75, 3.05) is 11.1 Å². The van der Waals surface area contributed by atoms with Crippen LogP contribution in [0.5, 0.6) is 0 Å². The Morgan fingerprint density at radius 3 is 2.50 bits per heavy atom. The number of rotatable bonds is 8. The fourth-order valence-electron chi connectivity index (χ4n) is 3.20. The molecule has 0 fully saturated rings. The highest BCUT2D eigenvalue weighted by atomic mass is 79.9. The Labute approximate surface area is 200 Å². The van der Waals surface area contributed by atoms with Crippen LogP contribution in [-0.4, -0.2) is 32.3 Å². The van der Waals surface area contributed by atoms with Crippen molar-refractivity contribution >= 4 is 45.2 Å². The third kappa shape index (κ3) is 5.98. The van der Waals surface area contributed by atoms with E-state index in [1.165, 1.54) is 11.8 Å². The van der Waals surface area contributed by atoms with Gasteiger partial charge in [0.1, 0.15) is 0 Å².